The molecule has 0 bridgehead atoms. The summed E-state index contributed by atoms with van der Waals surface area (Å²) in [6.07, 6.45) is 3.02. The van der Waals surface area contributed by atoms with Crippen LogP contribution >= 0.6 is 11.3 Å². The number of aryl methyl sites for hydroxylation is 1. The van der Waals surface area contributed by atoms with E-state index >= 15 is 0 Å². The Kier molecular flexibility index (Phi) is 4.42. The first-order chi connectivity index (χ1) is 12.6. The third-order valence-corrected chi connectivity index (χ3v) is 5.36. The maximum Gasteiger partial charge on any atom is 0.231 e. The van der Waals surface area contributed by atoms with Crippen LogP contribution in [-0.4, -0.2) is 45.0 Å². The highest BCUT2D eigenvalue weighted by Crippen LogP contribution is 2.23. The molecule has 26 heavy (non-hydrogen) atoms. The number of fused-ring (bicyclic) bond motifs is 1. The summed E-state index contributed by atoms with van der Waals surface area (Å²) >= 11 is 1.27. The number of nitrogens with zero attached hydrogens (tertiary/aromatic N) is 3. The van der Waals surface area contributed by atoms with Crippen LogP contribution in [0.2, 0.25) is 0 Å². The van der Waals surface area contributed by atoms with Gasteiger partial charge in [-0.2, -0.15) is 0 Å². The van der Waals surface area contributed by atoms with Crippen molar-refractivity contribution in [1.29, 1.82) is 0 Å². The van der Waals surface area contributed by atoms with Crippen molar-refractivity contribution in [3.63, 3.8) is 0 Å². The second-order valence-corrected chi connectivity index (χ2v) is 7.42. The van der Waals surface area contributed by atoms with Crippen molar-refractivity contribution in [3.8, 4) is 0 Å². The molecule has 4 rings (SSSR count). The van der Waals surface area contributed by atoms with Gasteiger partial charge in [0.2, 0.25) is 16.9 Å². The van der Waals surface area contributed by atoms with Crippen molar-refractivity contribution < 1.29 is 9.59 Å². The molecule has 0 radical (unpaired) electrons. The molecule has 1 unspecified atom stereocenters. The minimum atomic E-state index is -0.336. The summed E-state index contributed by atoms with van der Waals surface area (Å²) < 4.78 is 0. The van der Waals surface area contributed by atoms with Crippen LogP contribution in [0, 0.1) is 12.8 Å². The van der Waals surface area contributed by atoms with E-state index < -0.39 is 0 Å². The molecule has 1 aromatic carbocycles. The lowest BCUT2D eigenvalue weighted by Crippen LogP contribution is -2.30. The summed E-state index contributed by atoms with van der Waals surface area (Å²) in [6.45, 7) is 3.13. The van der Waals surface area contributed by atoms with Gasteiger partial charge in [0.25, 0.3) is 0 Å². The minimum absolute atomic E-state index is 0.0263. The molecule has 134 valence electrons. The smallest absolute Gasteiger partial charge is 0.231 e. The number of aromatic amines is 1. The van der Waals surface area contributed by atoms with Crippen LogP contribution in [0.3, 0.4) is 0 Å². The van der Waals surface area contributed by atoms with Crippen LogP contribution < -0.4 is 5.32 Å². The Morgan fingerprint density at radius 2 is 2.35 bits per heavy atom. The second kappa shape index (κ2) is 6.87. The molecule has 1 aliphatic rings. The van der Waals surface area contributed by atoms with E-state index in [0.717, 1.165) is 11.9 Å². The number of carbonyl (C=O) groups excluding carboxylic acids is 2. The van der Waals surface area contributed by atoms with Crippen LogP contribution in [0.25, 0.3) is 10.9 Å². The number of likely N-dealkylation sites (tertiary alicyclic amines) is 1. The number of anilines is 1. The van der Waals surface area contributed by atoms with E-state index in [-0.39, 0.29) is 24.2 Å². The van der Waals surface area contributed by atoms with Gasteiger partial charge in [0.1, 0.15) is 5.51 Å². The van der Waals surface area contributed by atoms with E-state index in [2.05, 4.69) is 45.6 Å². The molecule has 1 atom stereocenters. The van der Waals surface area contributed by atoms with Crippen molar-refractivity contribution in [3.05, 3.63) is 41.0 Å². The average molecular weight is 369 g/mol. The zero-order chi connectivity index (χ0) is 18.1. The summed E-state index contributed by atoms with van der Waals surface area (Å²) in [5, 5.41) is 11.9. The first-order valence-corrected chi connectivity index (χ1v) is 9.39. The molecule has 1 fully saturated rings. The van der Waals surface area contributed by atoms with Gasteiger partial charge < -0.3 is 15.2 Å². The predicted octanol–water partition coefficient (Wildman–Crippen LogP) is 2.36. The highest BCUT2D eigenvalue weighted by Gasteiger charge is 2.34. The van der Waals surface area contributed by atoms with Crippen molar-refractivity contribution in [2.75, 3.05) is 18.4 Å². The number of hydrogen-bond donors (Lipinski definition) is 2. The summed E-state index contributed by atoms with van der Waals surface area (Å²) in [5.41, 5.74) is 5.07. The summed E-state index contributed by atoms with van der Waals surface area (Å²) in [5.74, 6) is -0.477. The fourth-order valence-electron chi connectivity index (χ4n) is 3.35. The summed E-state index contributed by atoms with van der Waals surface area (Å²) in [7, 11) is 0. The van der Waals surface area contributed by atoms with E-state index in [1.54, 1.807) is 10.4 Å². The maximum absolute atomic E-state index is 12.3. The minimum Gasteiger partial charge on any atom is -0.361 e. The molecule has 8 heteroatoms. The molecule has 1 aliphatic heterocycles. The molecule has 7 nitrogen and oxygen atoms in total. The molecule has 3 aromatic rings. The average Bonchev–Trinajstić information content (AvgIpc) is 3.33. The molecule has 2 amide bonds. The van der Waals surface area contributed by atoms with E-state index in [1.165, 1.54) is 27.8 Å². The zero-order valence-corrected chi connectivity index (χ0v) is 15.2. The van der Waals surface area contributed by atoms with Crippen LogP contribution in [0.5, 0.6) is 0 Å². The molecule has 0 aliphatic carbocycles. The predicted molar refractivity (Wildman–Crippen MR) is 100.0 cm³/mol. The Morgan fingerprint density at radius 3 is 3.15 bits per heavy atom. The number of amides is 2. The maximum atomic E-state index is 12.3. The quantitative estimate of drug-likeness (QED) is 0.722. The van der Waals surface area contributed by atoms with Crippen LogP contribution in [-0.2, 0) is 16.0 Å². The monoisotopic (exact) mass is 369 g/mol. The van der Waals surface area contributed by atoms with Gasteiger partial charge in [-0.25, -0.2) is 0 Å². The van der Waals surface area contributed by atoms with Crippen molar-refractivity contribution in [1.82, 2.24) is 20.1 Å². The number of aromatic nitrogens is 3. The van der Waals surface area contributed by atoms with Gasteiger partial charge in [0.15, 0.2) is 0 Å². The SMILES string of the molecule is Cc1ccc2[nH]cc(CCN3CC(C(=O)Nc4nncs4)CC3=O)c2c1. The topological polar surface area (TPSA) is 91.0 Å². The lowest BCUT2D eigenvalue weighted by molar-refractivity contribution is -0.128. The first-order valence-electron chi connectivity index (χ1n) is 8.51. The molecule has 1 saturated heterocycles. The van der Waals surface area contributed by atoms with Crippen LogP contribution in [0.15, 0.2) is 29.9 Å². The van der Waals surface area contributed by atoms with E-state index in [1.807, 2.05) is 6.20 Å². The second-order valence-electron chi connectivity index (χ2n) is 6.59. The fourth-order valence-corrected chi connectivity index (χ4v) is 3.80. The largest absolute Gasteiger partial charge is 0.361 e. The van der Waals surface area contributed by atoms with Gasteiger partial charge in [-0.05, 0) is 31.0 Å². The van der Waals surface area contributed by atoms with E-state index in [0.29, 0.717) is 18.2 Å². The molecular weight excluding hydrogens is 350 g/mol. The molecular formula is C18H19N5O2S. The van der Waals surface area contributed by atoms with Crippen LogP contribution in [0.1, 0.15) is 17.5 Å². The molecule has 0 saturated carbocycles. The molecule has 0 spiro atoms. The molecule has 2 N–H and O–H groups in total. The number of hydrogen-bond acceptors (Lipinski definition) is 5. The van der Waals surface area contributed by atoms with Gasteiger partial charge in [-0.1, -0.05) is 23.0 Å². The number of H-pyrrole nitrogens is 1. The van der Waals surface area contributed by atoms with Crippen LogP contribution in [0.4, 0.5) is 5.13 Å². The third kappa shape index (κ3) is 3.32. The van der Waals surface area contributed by atoms with Crippen molar-refractivity contribution >= 4 is 39.2 Å². The standard InChI is InChI=1S/C18H19N5O2S/c1-11-2-3-15-14(6-11)12(8-19-15)4-5-23-9-13(7-16(23)24)17(25)21-18-22-20-10-26-18/h2-3,6,8,10,13,19H,4-5,7,9H2,1H3,(H,21,22,25). The van der Waals surface area contributed by atoms with E-state index in [9.17, 15) is 9.59 Å². The van der Waals surface area contributed by atoms with E-state index in [4.69, 9.17) is 0 Å². The number of rotatable bonds is 5. The Bertz CT molecular complexity index is 950. The number of carbonyl (C=O) groups is 2. The zero-order valence-electron chi connectivity index (χ0n) is 14.4. The molecule has 3 heterocycles. The Balaban J connectivity index is 1.38. The van der Waals surface area contributed by atoms with Gasteiger partial charge in [0, 0.05) is 36.6 Å². The third-order valence-electron chi connectivity index (χ3n) is 4.75. The number of nitrogens with one attached hydrogen (secondary N) is 2. The van der Waals surface area contributed by atoms with Crippen molar-refractivity contribution in [2.45, 2.75) is 19.8 Å². The first kappa shape index (κ1) is 16.7. The lowest BCUT2D eigenvalue weighted by atomic mass is 10.1. The normalized spacial score (nSPS) is 17.2. The summed E-state index contributed by atoms with van der Waals surface area (Å²) in [6, 6.07) is 6.31. The Hall–Kier alpha value is -2.74. The lowest BCUT2D eigenvalue weighted by Gasteiger charge is -2.16. The highest BCUT2D eigenvalue weighted by atomic mass is 32.1. The Labute approximate surface area is 154 Å². The van der Waals surface area contributed by atoms with Gasteiger partial charge in [-0.3, -0.25) is 9.59 Å². The van der Waals surface area contributed by atoms with Gasteiger partial charge in [-0.15, -0.1) is 10.2 Å². The molecule has 2 aromatic heterocycles. The summed E-state index contributed by atoms with van der Waals surface area (Å²) in [4.78, 5) is 29.6. The van der Waals surface area contributed by atoms with Gasteiger partial charge in [0.05, 0.1) is 5.92 Å². The highest BCUT2D eigenvalue weighted by molar-refractivity contribution is 7.13. The fraction of sp³-hybridized carbons (Fsp3) is 0.333. The van der Waals surface area contributed by atoms with Gasteiger partial charge >= 0.3 is 0 Å². The van der Waals surface area contributed by atoms with Crippen molar-refractivity contribution in [2.24, 2.45) is 5.92 Å². The number of benzene rings is 1. The Morgan fingerprint density at radius 1 is 1.46 bits per heavy atom.